The van der Waals surface area contributed by atoms with Gasteiger partial charge in [-0.1, -0.05) is 30.3 Å². The first-order valence-electron chi connectivity index (χ1n) is 5.73. The predicted molar refractivity (Wildman–Crippen MR) is 61.2 cm³/mol. The summed E-state index contributed by atoms with van der Waals surface area (Å²) < 4.78 is 10.5. The van der Waals surface area contributed by atoms with Crippen LogP contribution in [0, 0.1) is 0 Å². The monoisotopic (exact) mass is 236 g/mol. The summed E-state index contributed by atoms with van der Waals surface area (Å²) in [5.74, 6) is -0.350. The Morgan fingerprint density at radius 1 is 1.35 bits per heavy atom. The number of cyclic esters (lactones) is 1. The van der Waals surface area contributed by atoms with E-state index in [9.17, 15) is 9.90 Å². The molecule has 0 unspecified atom stereocenters. The Hall–Kier alpha value is -1.39. The van der Waals surface area contributed by atoms with Crippen LogP contribution in [0.5, 0.6) is 0 Å². The summed E-state index contributed by atoms with van der Waals surface area (Å²) in [4.78, 5) is 11.1. The zero-order valence-corrected chi connectivity index (χ0v) is 9.54. The molecule has 4 heteroatoms. The Labute approximate surface area is 100 Å². The van der Waals surface area contributed by atoms with Crippen LogP contribution >= 0.6 is 0 Å². The molecular formula is C13H16O4. The van der Waals surface area contributed by atoms with Crippen molar-refractivity contribution in [2.24, 2.45) is 0 Å². The molecule has 0 amide bonds. The number of aliphatic hydroxyl groups is 1. The fourth-order valence-corrected chi connectivity index (χ4v) is 1.85. The molecule has 1 aliphatic heterocycles. The first-order chi connectivity index (χ1) is 8.24. The van der Waals surface area contributed by atoms with Gasteiger partial charge in [-0.2, -0.15) is 0 Å². The van der Waals surface area contributed by atoms with Crippen LogP contribution in [0.25, 0.3) is 0 Å². The molecule has 4 nitrogen and oxygen atoms in total. The standard InChI is InChI=1S/C13H16O4/c14-11-6-12(17-13(15)7-11)9-16-8-10-4-2-1-3-5-10/h1-5,11-12,14H,6-9H2/t11-,12-/m0/s1. The third-order valence-electron chi connectivity index (χ3n) is 2.65. The molecule has 92 valence electrons. The average molecular weight is 236 g/mol. The van der Waals surface area contributed by atoms with Crippen molar-refractivity contribution in [3.8, 4) is 0 Å². The second kappa shape index (κ2) is 5.80. The Balaban J connectivity index is 1.73. The summed E-state index contributed by atoms with van der Waals surface area (Å²) >= 11 is 0. The molecule has 1 saturated heterocycles. The predicted octanol–water partition coefficient (Wildman–Crippen LogP) is 1.27. The summed E-state index contributed by atoms with van der Waals surface area (Å²) in [5.41, 5.74) is 1.08. The van der Waals surface area contributed by atoms with Gasteiger partial charge < -0.3 is 14.6 Å². The quantitative estimate of drug-likeness (QED) is 0.800. The minimum atomic E-state index is -0.596. The number of aliphatic hydroxyl groups excluding tert-OH is 1. The lowest BCUT2D eigenvalue weighted by Crippen LogP contribution is -2.35. The normalized spacial score (nSPS) is 24.4. The van der Waals surface area contributed by atoms with Crippen molar-refractivity contribution in [3.63, 3.8) is 0 Å². The molecule has 1 aromatic rings. The van der Waals surface area contributed by atoms with Crippen LogP contribution in [0.1, 0.15) is 18.4 Å². The number of benzene rings is 1. The van der Waals surface area contributed by atoms with E-state index in [4.69, 9.17) is 9.47 Å². The minimum Gasteiger partial charge on any atom is -0.460 e. The zero-order chi connectivity index (χ0) is 12.1. The lowest BCUT2D eigenvalue weighted by Gasteiger charge is -2.25. The molecular weight excluding hydrogens is 220 g/mol. The van der Waals surface area contributed by atoms with Gasteiger partial charge in [0.25, 0.3) is 0 Å². The smallest absolute Gasteiger partial charge is 0.308 e. The Morgan fingerprint density at radius 2 is 2.12 bits per heavy atom. The molecule has 1 aromatic carbocycles. The molecule has 17 heavy (non-hydrogen) atoms. The van der Waals surface area contributed by atoms with E-state index in [0.29, 0.717) is 19.6 Å². The van der Waals surface area contributed by atoms with E-state index in [-0.39, 0.29) is 18.5 Å². The van der Waals surface area contributed by atoms with Gasteiger partial charge in [0, 0.05) is 6.42 Å². The van der Waals surface area contributed by atoms with Crippen molar-refractivity contribution in [1.29, 1.82) is 0 Å². The maximum absolute atomic E-state index is 11.1. The summed E-state index contributed by atoms with van der Waals surface area (Å²) in [6.07, 6.45) is -0.369. The van der Waals surface area contributed by atoms with Crippen molar-refractivity contribution in [2.45, 2.75) is 31.7 Å². The van der Waals surface area contributed by atoms with E-state index in [0.717, 1.165) is 5.56 Å². The van der Waals surface area contributed by atoms with Crippen molar-refractivity contribution in [3.05, 3.63) is 35.9 Å². The van der Waals surface area contributed by atoms with Crippen LogP contribution in [0.2, 0.25) is 0 Å². The second-order valence-electron chi connectivity index (χ2n) is 4.21. The molecule has 1 N–H and O–H groups in total. The topological polar surface area (TPSA) is 55.8 Å². The van der Waals surface area contributed by atoms with Crippen LogP contribution in [0.3, 0.4) is 0 Å². The Bertz CT molecular complexity index is 363. The summed E-state index contributed by atoms with van der Waals surface area (Å²) in [6.45, 7) is 0.822. The first kappa shape index (κ1) is 12.1. The van der Waals surface area contributed by atoms with E-state index in [1.807, 2.05) is 30.3 Å². The lowest BCUT2D eigenvalue weighted by atomic mass is 10.1. The third kappa shape index (κ3) is 3.84. The van der Waals surface area contributed by atoms with Crippen LogP contribution in [-0.4, -0.2) is 29.9 Å². The van der Waals surface area contributed by atoms with Gasteiger partial charge in [-0.15, -0.1) is 0 Å². The Kier molecular flexibility index (Phi) is 4.12. The van der Waals surface area contributed by atoms with Crippen molar-refractivity contribution in [1.82, 2.24) is 0 Å². The molecule has 2 rings (SSSR count). The first-order valence-corrected chi connectivity index (χ1v) is 5.73. The summed E-state index contributed by atoms with van der Waals surface area (Å²) in [7, 11) is 0. The molecule has 1 aliphatic rings. The average Bonchev–Trinajstić information content (AvgIpc) is 2.29. The van der Waals surface area contributed by atoms with Gasteiger partial charge in [0.15, 0.2) is 0 Å². The molecule has 0 aliphatic carbocycles. The number of carbonyl (C=O) groups is 1. The van der Waals surface area contributed by atoms with Gasteiger partial charge >= 0.3 is 5.97 Å². The van der Waals surface area contributed by atoms with Gasteiger partial charge in [-0.3, -0.25) is 4.79 Å². The molecule has 0 spiro atoms. The van der Waals surface area contributed by atoms with E-state index >= 15 is 0 Å². The van der Waals surface area contributed by atoms with Crippen LogP contribution < -0.4 is 0 Å². The van der Waals surface area contributed by atoms with Gasteiger partial charge in [-0.05, 0) is 5.56 Å². The van der Waals surface area contributed by atoms with Crippen LogP contribution in [0.4, 0.5) is 0 Å². The van der Waals surface area contributed by atoms with Crippen LogP contribution in [0.15, 0.2) is 30.3 Å². The molecule has 0 bridgehead atoms. The van der Waals surface area contributed by atoms with Crippen molar-refractivity contribution in [2.75, 3.05) is 6.61 Å². The Morgan fingerprint density at radius 3 is 2.82 bits per heavy atom. The fourth-order valence-electron chi connectivity index (χ4n) is 1.85. The highest BCUT2D eigenvalue weighted by Crippen LogP contribution is 2.15. The largest absolute Gasteiger partial charge is 0.460 e. The lowest BCUT2D eigenvalue weighted by molar-refractivity contribution is -0.164. The molecule has 2 atom stereocenters. The zero-order valence-electron chi connectivity index (χ0n) is 9.54. The number of hydrogen-bond donors (Lipinski definition) is 1. The maximum atomic E-state index is 11.1. The fraction of sp³-hybridized carbons (Fsp3) is 0.462. The van der Waals surface area contributed by atoms with Gasteiger partial charge in [0.1, 0.15) is 6.10 Å². The maximum Gasteiger partial charge on any atom is 0.308 e. The van der Waals surface area contributed by atoms with E-state index in [1.165, 1.54) is 0 Å². The minimum absolute atomic E-state index is 0.0924. The highest BCUT2D eigenvalue weighted by molar-refractivity contribution is 5.70. The SMILES string of the molecule is O=C1C[C@@H](O)C[C@@H](COCc2ccccc2)O1. The molecule has 0 aromatic heterocycles. The van der Waals surface area contributed by atoms with E-state index < -0.39 is 6.10 Å². The number of rotatable bonds is 4. The molecule has 1 heterocycles. The number of hydrogen-bond acceptors (Lipinski definition) is 4. The number of esters is 1. The van der Waals surface area contributed by atoms with Gasteiger partial charge in [0.05, 0.1) is 25.7 Å². The summed E-state index contributed by atoms with van der Waals surface area (Å²) in [6, 6.07) is 9.79. The second-order valence-corrected chi connectivity index (χ2v) is 4.21. The van der Waals surface area contributed by atoms with E-state index in [1.54, 1.807) is 0 Å². The van der Waals surface area contributed by atoms with Crippen molar-refractivity contribution < 1.29 is 19.4 Å². The highest BCUT2D eigenvalue weighted by atomic mass is 16.6. The van der Waals surface area contributed by atoms with Gasteiger partial charge in [-0.25, -0.2) is 0 Å². The van der Waals surface area contributed by atoms with Crippen molar-refractivity contribution >= 4 is 5.97 Å². The van der Waals surface area contributed by atoms with Crippen LogP contribution in [-0.2, 0) is 20.9 Å². The van der Waals surface area contributed by atoms with Gasteiger partial charge in [0.2, 0.25) is 0 Å². The van der Waals surface area contributed by atoms with E-state index in [2.05, 4.69) is 0 Å². The molecule has 0 saturated carbocycles. The molecule has 1 fully saturated rings. The molecule has 0 radical (unpaired) electrons. The summed E-state index contributed by atoms with van der Waals surface area (Å²) in [5, 5.41) is 9.41. The number of carbonyl (C=O) groups excluding carboxylic acids is 1. The third-order valence-corrected chi connectivity index (χ3v) is 2.65. The number of ether oxygens (including phenoxy) is 2. The highest BCUT2D eigenvalue weighted by Gasteiger charge is 2.27.